The number of rotatable bonds is 3. The monoisotopic (exact) mass is 363 g/mol. The van der Waals surface area contributed by atoms with Gasteiger partial charge in [-0.1, -0.05) is 30.3 Å². The van der Waals surface area contributed by atoms with Crippen LogP contribution in [0.15, 0.2) is 30.3 Å². The number of amides is 2. The fourth-order valence-electron chi connectivity index (χ4n) is 2.50. The van der Waals surface area contributed by atoms with Crippen LogP contribution in [-0.2, 0) is 20.9 Å². The van der Waals surface area contributed by atoms with Gasteiger partial charge in [-0.2, -0.15) is 0 Å². The van der Waals surface area contributed by atoms with Gasteiger partial charge in [0.1, 0.15) is 12.2 Å². The molecular weight excluding hydrogens is 340 g/mol. The standard InChI is InChI=1S/C18H24N2O6/c1-18(2,3)26-16(23)19-9-10-20(14(11-19)15(21)22)17(24)25-12-13-7-5-4-6-8-13/h4-8,14H,9-12H2,1-3H3,(H,21,22)/p-1/t14-/m1/s1. The lowest BCUT2D eigenvalue weighted by atomic mass is 10.2. The number of hydrogen-bond acceptors (Lipinski definition) is 6. The second-order valence-electron chi connectivity index (χ2n) is 6.99. The number of carboxylic acids is 1. The van der Waals surface area contributed by atoms with Crippen molar-refractivity contribution in [1.82, 2.24) is 9.80 Å². The van der Waals surface area contributed by atoms with E-state index in [4.69, 9.17) is 9.47 Å². The maximum absolute atomic E-state index is 12.3. The van der Waals surface area contributed by atoms with Gasteiger partial charge < -0.3 is 24.3 Å². The van der Waals surface area contributed by atoms with E-state index in [1.165, 1.54) is 4.90 Å². The molecule has 2 amide bonds. The summed E-state index contributed by atoms with van der Waals surface area (Å²) in [5, 5.41) is 11.5. The van der Waals surface area contributed by atoms with Gasteiger partial charge >= 0.3 is 12.2 Å². The Morgan fingerprint density at radius 1 is 1.12 bits per heavy atom. The van der Waals surface area contributed by atoms with Gasteiger partial charge in [0, 0.05) is 13.1 Å². The Balaban J connectivity index is 1.98. The van der Waals surface area contributed by atoms with Gasteiger partial charge in [-0.15, -0.1) is 0 Å². The molecule has 1 aliphatic rings. The van der Waals surface area contributed by atoms with Crippen molar-refractivity contribution in [3.63, 3.8) is 0 Å². The average Bonchev–Trinajstić information content (AvgIpc) is 2.58. The molecule has 1 heterocycles. The van der Waals surface area contributed by atoms with Crippen molar-refractivity contribution < 1.29 is 29.0 Å². The van der Waals surface area contributed by atoms with Crippen molar-refractivity contribution in [1.29, 1.82) is 0 Å². The highest BCUT2D eigenvalue weighted by Crippen LogP contribution is 2.16. The highest BCUT2D eigenvalue weighted by atomic mass is 16.6. The Labute approximate surface area is 152 Å². The lowest BCUT2D eigenvalue weighted by molar-refractivity contribution is -0.312. The van der Waals surface area contributed by atoms with Crippen LogP contribution >= 0.6 is 0 Å². The average molecular weight is 363 g/mol. The van der Waals surface area contributed by atoms with Crippen LogP contribution in [-0.4, -0.2) is 59.2 Å². The van der Waals surface area contributed by atoms with Crippen LogP contribution in [0.25, 0.3) is 0 Å². The quantitative estimate of drug-likeness (QED) is 0.794. The van der Waals surface area contributed by atoms with Gasteiger partial charge in [0.25, 0.3) is 0 Å². The molecular formula is C18H23N2O6-. The van der Waals surface area contributed by atoms with E-state index in [-0.39, 0.29) is 26.2 Å². The summed E-state index contributed by atoms with van der Waals surface area (Å²) >= 11 is 0. The van der Waals surface area contributed by atoms with Crippen molar-refractivity contribution in [3.8, 4) is 0 Å². The molecule has 8 heteroatoms. The minimum absolute atomic E-state index is 0.0194. The molecule has 0 radical (unpaired) electrons. The maximum Gasteiger partial charge on any atom is 0.410 e. The van der Waals surface area contributed by atoms with Crippen LogP contribution in [0.1, 0.15) is 26.3 Å². The third kappa shape index (κ3) is 5.37. The predicted octanol–water partition coefficient (Wildman–Crippen LogP) is 0.994. The summed E-state index contributed by atoms with van der Waals surface area (Å²) in [6.07, 6.45) is -1.38. The second kappa shape index (κ2) is 8.07. The second-order valence-corrected chi connectivity index (χ2v) is 6.99. The van der Waals surface area contributed by atoms with Crippen LogP contribution in [0.4, 0.5) is 9.59 Å². The van der Waals surface area contributed by atoms with E-state index in [2.05, 4.69) is 0 Å². The topological polar surface area (TPSA) is 99.2 Å². The van der Waals surface area contributed by atoms with Gasteiger partial charge in [0.05, 0.1) is 18.6 Å². The van der Waals surface area contributed by atoms with E-state index in [1.54, 1.807) is 32.9 Å². The molecule has 1 aliphatic heterocycles. The van der Waals surface area contributed by atoms with E-state index in [0.717, 1.165) is 10.5 Å². The van der Waals surface area contributed by atoms with Gasteiger partial charge in [-0.3, -0.25) is 4.90 Å². The molecule has 8 nitrogen and oxygen atoms in total. The van der Waals surface area contributed by atoms with Crippen molar-refractivity contribution in [2.45, 2.75) is 39.0 Å². The fraction of sp³-hybridized carbons (Fsp3) is 0.500. The maximum atomic E-state index is 12.3. The lowest BCUT2D eigenvalue weighted by Crippen LogP contribution is -2.62. The van der Waals surface area contributed by atoms with Crippen molar-refractivity contribution in [3.05, 3.63) is 35.9 Å². The third-order valence-corrected chi connectivity index (χ3v) is 3.74. The minimum atomic E-state index is -1.45. The summed E-state index contributed by atoms with van der Waals surface area (Å²) < 4.78 is 10.4. The molecule has 0 unspecified atom stereocenters. The molecule has 1 atom stereocenters. The molecule has 1 aromatic rings. The summed E-state index contributed by atoms with van der Waals surface area (Å²) in [5.74, 6) is -1.45. The molecule has 0 spiro atoms. The summed E-state index contributed by atoms with van der Waals surface area (Å²) in [4.78, 5) is 38.2. The summed E-state index contributed by atoms with van der Waals surface area (Å²) in [6.45, 7) is 5.16. The largest absolute Gasteiger partial charge is 0.548 e. The molecule has 2 rings (SSSR count). The normalized spacial score (nSPS) is 17.6. The highest BCUT2D eigenvalue weighted by Gasteiger charge is 2.35. The zero-order chi connectivity index (χ0) is 19.3. The number of carbonyl (C=O) groups excluding carboxylic acids is 3. The number of ether oxygens (including phenoxy) is 2. The number of nitrogens with zero attached hydrogens (tertiary/aromatic N) is 2. The van der Waals surface area contributed by atoms with Gasteiger partial charge in [0.2, 0.25) is 0 Å². The van der Waals surface area contributed by atoms with Gasteiger partial charge in [-0.25, -0.2) is 9.59 Å². The van der Waals surface area contributed by atoms with E-state index >= 15 is 0 Å². The Hall–Kier alpha value is -2.77. The molecule has 1 saturated heterocycles. The third-order valence-electron chi connectivity index (χ3n) is 3.74. The van der Waals surface area contributed by atoms with E-state index < -0.39 is 29.8 Å². The zero-order valence-corrected chi connectivity index (χ0v) is 15.1. The molecule has 1 fully saturated rings. The number of carbonyl (C=O) groups is 3. The lowest BCUT2D eigenvalue weighted by Gasteiger charge is -2.41. The smallest absolute Gasteiger partial charge is 0.410 e. The first kappa shape index (κ1) is 19.6. The Kier molecular flexibility index (Phi) is 6.07. The number of benzene rings is 1. The van der Waals surface area contributed by atoms with Crippen molar-refractivity contribution >= 4 is 18.2 Å². The van der Waals surface area contributed by atoms with Crippen LogP contribution in [0.5, 0.6) is 0 Å². The number of aliphatic carboxylic acids is 1. The van der Waals surface area contributed by atoms with E-state index in [0.29, 0.717) is 0 Å². The van der Waals surface area contributed by atoms with Crippen LogP contribution in [0, 0.1) is 0 Å². The van der Waals surface area contributed by atoms with Gasteiger partial charge in [0.15, 0.2) is 0 Å². The van der Waals surface area contributed by atoms with E-state index in [9.17, 15) is 19.5 Å². The minimum Gasteiger partial charge on any atom is -0.548 e. The molecule has 26 heavy (non-hydrogen) atoms. The van der Waals surface area contributed by atoms with E-state index in [1.807, 2.05) is 18.2 Å². The van der Waals surface area contributed by atoms with Crippen LogP contribution < -0.4 is 5.11 Å². The predicted molar refractivity (Wildman–Crippen MR) is 89.9 cm³/mol. The molecule has 0 bridgehead atoms. The number of carboxylic acid groups (broad SMARTS) is 1. The number of piperazine rings is 1. The molecule has 0 saturated carbocycles. The SMILES string of the molecule is CC(C)(C)OC(=O)N1CCN(C(=O)OCc2ccccc2)[C@@H](C(=O)[O-])C1. The molecule has 0 aromatic heterocycles. The van der Waals surface area contributed by atoms with Crippen LogP contribution in [0.2, 0.25) is 0 Å². The summed E-state index contributed by atoms with van der Waals surface area (Å²) in [7, 11) is 0. The van der Waals surface area contributed by atoms with Gasteiger partial charge in [-0.05, 0) is 26.3 Å². The highest BCUT2D eigenvalue weighted by molar-refractivity contribution is 5.80. The zero-order valence-electron chi connectivity index (χ0n) is 15.1. The fourth-order valence-corrected chi connectivity index (χ4v) is 2.50. The first-order valence-electron chi connectivity index (χ1n) is 8.33. The first-order valence-corrected chi connectivity index (χ1v) is 8.33. The first-order chi connectivity index (χ1) is 12.2. The Morgan fingerprint density at radius 3 is 2.35 bits per heavy atom. The molecule has 0 N–H and O–H groups in total. The number of hydrogen-bond donors (Lipinski definition) is 0. The Bertz CT molecular complexity index is 655. The van der Waals surface area contributed by atoms with Crippen LogP contribution in [0.3, 0.4) is 0 Å². The summed E-state index contributed by atoms with van der Waals surface area (Å²) in [5.41, 5.74) is 0.0954. The summed E-state index contributed by atoms with van der Waals surface area (Å²) in [6, 6.07) is 7.76. The Morgan fingerprint density at radius 2 is 1.77 bits per heavy atom. The molecule has 0 aliphatic carbocycles. The molecule has 1 aromatic carbocycles. The van der Waals surface area contributed by atoms with Crippen molar-refractivity contribution in [2.24, 2.45) is 0 Å². The molecule has 142 valence electrons. The van der Waals surface area contributed by atoms with Crippen molar-refractivity contribution in [2.75, 3.05) is 19.6 Å².